The van der Waals surface area contributed by atoms with E-state index in [0.717, 1.165) is 34.5 Å². The van der Waals surface area contributed by atoms with Crippen molar-refractivity contribution < 1.29 is 4.52 Å². The van der Waals surface area contributed by atoms with Crippen LogP contribution in [-0.2, 0) is 6.54 Å². The maximum atomic E-state index is 5.02. The molecule has 0 fully saturated rings. The zero-order valence-electron chi connectivity index (χ0n) is 11.0. The number of aromatic nitrogens is 3. The Morgan fingerprint density at radius 1 is 1.17 bits per heavy atom. The molecule has 0 aromatic carbocycles. The van der Waals surface area contributed by atoms with Gasteiger partial charge in [-0.2, -0.15) is 0 Å². The normalized spacial score (nSPS) is 10.4. The van der Waals surface area contributed by atoms with Crippen LogP contribution < -0.4 is 10.6 Å². The molecule has 0 amide bonds. The lowest BCUT2D eigenvalue weighted by Gasteiger charge is -2.11. The molecule has 2 heterocycles. The Hall–Kier alpha value is -2.11. The van der Waals surface area contributed by atoms with E-state index in [-0.39, 0.29) is 0 Å². The molecule has 2 rings (SSSR count). The van der Waals surface area contributed by atoms with E-state index in [2.05, 4.69) is 25.8 Å². The molecule has 2 aromatic rings. The Bertz CT molecular complexity index is 549. The molecule has 0 spiro atoms. The second-order valence-electron chi connectivity index (χ2n) is 4.13. The molecule has 0 radical (unpaired) electrons. The first kappa shape index (κ1) is 12.3. The van der Waals surface area contributed by atoms with E-state index < -0.39 is 0 Å². The van der Waals surface area contributed by atoms with Crippen LogP contribution in [0.15, 0.2) is 10.6 Å². The van der Waals surface area contributed by atoms with Crippen LogP contribution in [0.2, 0.25) is 0 Å². The summed E-state index contributed by atoms with van der Waals surface area (Å²) in [6, 6.07) is 1.90. The van der Waals surface area contributed by atoms with Crippen molar-refractivity contribution in [3.8, 4) is 0 Å². The van der Waals surface area contributed by atoms with Gasteiger partial charge in [0.15, 0.2) is 0 Å². The Morgan fingerprint density at radius 3 is 2.50 bits per heavy atom. The summed E-state index contributed by atoms with van der Waals surface area (Å²) in [6.45, 7) is 6.29. The first-order valence-electron chi connectivity index (χ1n) is 5.79. The molecule has 0 aliphatic rings. The molecule has 18 heavy (non-hydrogen) atoms. The Labute approximate surface area is 106 Å². The van der Waals surface area contributed by atoms with E-state index in [4.69, 9.17) is 4.52 Å². The molecule has 0 saturated heterocycles. The third-order valence-electron chi connectivity index (χ3n) is 2.61. The van der Waals surface area contributed by atoms with Crippen LogP contribution in [0.25, 0.3) is 0 Å². The number of aryl methyl sites for hydroxylation is 2. The number of hydrogen-bond acceptors (Lipinski definition) is 6. The van der Waals surface area contributed by atoms with E-state index in [1.807, 2.05) is 33.9 Å². The highest BCUT2D eigenvalue weighted by Gasteiger charge is 2.08. The molecule has 96 valence electrons. The van der Waals surface area contributed by atoms with Crippen LogP contribution in [0.5, 0.6) is 0 Å². The van der Waals surface area contributed by atoms with Crippen LogP contribution in [0.1, 0.15) is 22.8 Å². The Kier molecular flexibility index (Phi) is 3.45. The molecule has 0 atom stereocenters. The van der Waals surface area contributed by atoms with Gasteiger partial charge in [-0.25, -0.2) is 9.97 Å². The van der Waals surface area contributed by atoms with Crippen LogP contribution in [0.4, 0.5) is 11.6 Å². The van der Waals surface area contributed by atoms with Crippen LogP contribution in [-0.4, -0.2) is 22.2 Å². The van der Waals surface area contributed by atoms with Gasteiger partial charge in [0, 0.05) is 18.7 Å². The summed E-state index contributed by atoms with van der Waals surface area (Å²) < 4.78 is 5.02. The minimum Gasteiger partial charge on any atom is -0.373 e. The van der Waals surface area contributed by atoms with E-state index >= 15 is 0 Å². The van der Waals surface area contributed by atoms with E-state index in [1.54, 1.807) is 0 Å². The van der Waals surface area contributed by atoms with Gasteiger partial charge >= 0.3 is 0 Å². The highest BCUT2D eigenvalue weighted by atomic mass is 16.5. The van der Waals surface area contributed by atoms with Crippen molar-refractivity contribution in [2.45, 2.75) is 27.3 Å². The van der Waals surface area contributed by atoms with E-state index in [9.17, 15) is 0 Å². The van der Waals surface area contributed by atoms with Crippen molar-refractivity contribution in [1.82, 2.24) is 15.1 Å². The second-order valence-corrected chi connectivity index (χ2v) is 4.13. The lowest BCUT2D eigenvalue weighted by molar-refractivity contribution is 0.391. The first-order chi connectivity index (χ1) is 8.60. The SMILES string of the molecule is CNc1nc(C)nc(NCc2cc(C)on2)c1C. The van der Waals surface area contributed by atoms with Gasteiger partial charge in [0.05, 0.1) is 6.54 Å². The largest absolute Gasteiger partial charge is 0.373 e. The number of nitrogens with one attached hydrogen (secondary N) is 2. The smallest absolute Gasteiger partial charge is 0.135 e. The summed E-state index contributed by atoms with van der Waals surface area (Å²) in [5, 5.41) is 10.2. The molecule has 0 bridgehead atoms. The predicted octanol–water partition coefficient (Wildman–Crippen LogP) is 2.04. The minimum absolute atomic E-state index is 0.581. The van der Waals surface area contributed by atoms with Crippen molar-refractivity contribution in [3.63, 3.8) is 0 Å². The standard InChI is InChI=1S/C12H17N5O/c1-7-5-10(17-18-7)6-14-12-8(2)11(13-4)15-9(3)16-12/h5H,6H2,1-4H3,(H2,13,14,15,16). The highest BCUT2D eigenvalue weighted by Crippen LogP contribution is 2.19. The van der Waals surface area contributed by atoms with E-state index in [0.29, 0.717) is 6.54 Å². The second kappa shape index (κ2) is 5.03. The topological polar surface area (TPSA) is 75.9 Å². The zero-order chi connectivity index (χ0) is 13.1. The van der Waals surface area contributed by atoms with Gasteiger partial charge in [0.1, 0.15) is 28.9 Å². The first-order valence-corrected chi connectivity index (χ1v) is 5.79. The molecule has 0 aliphatic carbocycles. The lowest BCUT2D eigenvalue weighted by Crippen LogP contribution is -2.08. The molecular formula is C12H17N5O. The van der Waals surface area contributed by atoms with Gasteiger partial charge in [-0.3, -0.25) is 0 Å². The van der Waals surface area contributed by atoms with Crippen LogP contribution >= 0.6 is 0 Å². The third kappa shape index (κ3) is 2.58. The van der Waals surface area contributed by atoms with Crippen molar-refractivity contribution in [3.05, 3.63) is 28.9 Å². The number of anilines is 2. The van der Waals surface area contributed by atoms with Crippen molar-refractivity contribution in [2.24, 2.45) is 0 Å². The van der Waals surface area contributed by atoms with Gasteiger partial charge in [0.2, 0.25) is 0 Å². The number of rotatable bonds is 4. The maximum Gasteiger partial charge on any atom is 0.135 e. The highest BCUT2D eigenvalue weighted by molar-refractivity contribution is 5.56. The fourth-order valence-corrected chi connectivity index (χ4v) is 1.72. The summed E-state index contributed by atoms with van der Waals surface area (Å²) in [5.74, 6) is 3.18. The van der Waals surface area contributed by atoms with Gasteiger partial charge in [-0.05, 0) is 20.8 Å². The van der Waals surface area contributed by atoms with Crippen molar-refractivity contribution in [1.29, 1.82) is 0 Å². The molecule has 0 unspecified atom stereocenters. The molecule has 0 saturated carbocycles. The maximum absolute atomic E-state index is 5.02. The molecular weight excluding hydrogens is 230 g/mol. The zero-order valence-corrected chi connectivity index (χ0v) is 11.0. The van der Waals surface area contributed by atoms with Gasteiger partial charge in [-0.1, -0.05) is 5.16 Å². The van der Waals surface area contributed by atoms with Crippen molar-refractivity contribution >= 4 is 11.6 Å². The summed E-state index contributed by atoms with van der Waals surface area (Å²) in [7, 11) is 1.85. The Morgan fingerprint density at radius 2 is 1.89 bits per heavy atom. The molecule has 6 heteroatoms. The average molecular weight is 247 g/mol. The number of hydrogen-bond donors (Lipinski definition) is 2. The summed E-state index contributed by atoms with van der Waals surface area (Å²) in [6.07, 6.45) is 0. The van der Waals surface area contributed by atoms with Gasteiger partial charge < -0.3 is 15.2 Å². The van der Waals surface area contributed by atoms with Gasteiger partial charge in [0.25, 0.3) is 0 Å². The molecule has 6 nitrogen and oxygen atoms in total. The molecule has 2 N–H and O–H groups in total. The van der Waals surface area contributed by atoms with Crippen LogP contribution in [0, 0.1) is 20.8 Å². The molecule has 2 aromatic heterocycles. The Balaban J connectivity index is 2.16. The monoisotopic (exact) mass is 247 g/mol. The van der Waals surface area contributed by atoms with E-state index in [1.165, 1.54) is 0 Å². The van der Waals surface area contributed by atoms with Crippen LogP contribution in [0.3, 0.4) is 0 Å². The van der Waals surface area contributed by atoms with Crippen molar-refractivity contribution in [2.75, 3.05) is 17.7 Å². The summed E-state index contributed by atoms with van der Waals surface area (Å²) in [4.78, 5) is 8.70. The summed E-state index contributed by atoms with van der Waals surface area (Å²) in [5.41, 5.74) is 1.84. The summed E-state index contributed by atoms with van der Waals surface area (Å²) >= 11 is 0. The van der Waals surface area contributed by atoms with Gasteiger partial charge in [-0.15, -0.1) is 0 Å². The number of nitrogens with zero attached hydrogens (tertiary/aromatic N) is 3. The minimum atomic E-state index is 0.581. The lowest BCUT2D eigenvalue weighted by atomic mass is 10.3. The fraction of sp³-hybridized carbons (Fsp3) is 0.417. The quantitative estimate of drug-likeness (QED) is 0.861. The predicted molar refractivity (Wildman–Crippen MR) is 69.6 cm³/mol. The molecule has 0 aliphatic heterocycles. The third-order valence-corrected chi connectivity index (χ3v) is 2.61. The fourth-order valence-electron chi connectivity index (χ4n) is 1.72. The average Bonchev–Trinajstić information content (AvgIpc) is 2.75.